The minimum Gasteiger partial charge on any atom is -0.479 e. The Bertz CT molecular complexity index is 899. The van der Waals surface area contributed by atoms with Crippen molar-refractivity contribution in [3.8, 4) is 5.75 Å². The Morgan fingerprint density at radius 2 is 1.71 bits per heavy atom. The highest BCUT2D eigenvalue weighted by atomic mass is 16.6. The first kappa shape index (κ1) is 22.6. The van der Waals surface area contributed by atoms with Gasteiger partial charge in [-0.05, 0) is 52.8 Å². The Morgan fingerprint density at radius 1 is 1.10 bits per heavy atom. The second kappa shape index (κ2) is 8.56. The lowest BCUT2D eigenvalue weighted by molar-refractivity contribution is -0.134. The SMILES string of the molecule is CC(=O)c1ccc2c(c1)N(CC(=O)N1CCN(C(=O)OC(C)(C)C)CC1)C(=O)C(C)O2. The summed E-state index contributed by atoms with van der Waals surface area (Å²) in [4.78, 5) is 54.2. The standard InChI is InChI=1S/C22H29N3O6/c1-14(26)16-6-7-18-17(12-16)25(20(28)15(2)30-18)13-19(27)23-8-10-24(11-9-23)21(29)31-22(3,4)5/h6-7,12,15H,8-11,13H2,1-5H3. The molecule has 2 heterocycles. The van der Waals surface area contributed by atoms with Gasteiger partial charge in [-0.3, -0.25) is 19.3 Å². The van der Waals surface area contributed by atoms with E-state index in [4.69, 9.17) is 9.47 Å². The number of anilines is 1. The molecule has 1 unspecified atom stereocenters. The van der Waals surface area contributed by atoms with E-state index in [1.54, 1.807) is 55.7 Å². The second-order valence-electron chi connectivity index (χ2n) is 8.77. The van der Waals surface area contributed by atoms with Crippen molar-refractivity contribution in [3.05, 3.63) is 23.8 Å². The summed E-state index contributed by atoms with van der Waals surface area (Å²) in [5.74, 6) is -0.252. The van der Waals surface area contributed by atoms with Gasteiger partial charge in [0.2, 0.25) is 5.91 Å². The average molecular weight is 431 g/mol. The molecule has 1 saturated heterocycles. The maximum Gasteiger partial charge on any atom is 0.410 e. The summed E-state index contributed by atoms with van der Waals surface area (Å²) in [6.07, 6.45) is -1.13. The first-order valence-corrected chi connectivity index (χ1v) is 10.3. The molecule has 0 saturated carbocycles. The zero-order chi connectivity index (χ0) is 22.9. The van der Waals surface area contributed by atoms with E-state index >= 15 is 0 Å². The summed E-state index contributed by atoms with van der Waals surface area (Å²) in [6, 6.07) is 4.86. The summed E-state index contributed by atoms with van der Waals surface area (Å²) in [7, 11) is 0. The van der Waals surface area contributed by atoms with Gasteiger partial charge in [0.15, 0.2) is 11.9 Å². The van der Waals surface area contributed by atoms with Crippen molar-refractivity contribution in [1.82, 2.24) is 9.80 Å². The topological polar surface area (TPSA) is 96.5 Å². The van der Waals surface area contributed by atoms with Crippen LogP contribution in [0.15, 0.2) is 18.2 Å². The molecule has 1 aromatic rings. The Balaban J connectivity index is 1.68. The summed E-state index contributed by atoms with van der Waals surface area (Å²) in [5.41, 5.74) is 0.272. The number of amides is 3. The number of carbonyl (C=O) groups excluding carboxylic acids is 4. The van der Waals surface area contributed by atoms with Gasteiger partial charge in [0.05, 0.1) is 5.69 Å². The van der Waals surface area contributed by atoms with E-state index in [9.17, 15) is 19.2 Å². The van der Waals surface area contributed by atoms with Crippen LogP contribution in [0.2, 0.25) is 0 Å². The van der Waals surface area contributed by atoms with Gasteiger partial charge in [-0.15, -0.1) is 0 Å². The van der Waals surface area contributed by atoms with Crippen LogP contribution >= 0.6 is 0 Å². The van der Waals surface area contributed by atoms with Crippen molar-refractivity contribution >= 4 is 29.4 Å². The molecule has 0 spiro atoms. The number of rotatable bonds is 3. The van der Waals surface area contributed by atoms with E-state index in [0.29, 0.717) is 43.2 Å². The summed E-state index contributed by atoms with van der Waals surface area (Å²) in [5, 5.41) is 0. The number of hydrogen-bond acceptors (Lipinski definition) is 6. The number of ketones is 1. The van der Waals surface area contributed by atoms with E-state index in [1.165, 1.54) is 11.8 Å². The number of piperazine rings is 1. The molecule has 2 aliphatic heterocycles. The number of nitrogens with zero attached hydrogens (tertiary/aromatic N) is 3. The highest BCUT2D eigenvalue weighted by Crippen LogP contribution is 2.35. The molecule has 0 aliphatic carbocycles. The molecule has 1 atom stereocenters. The molecule has 1 aromatic carbocycles. The minimum absolute atomic E-state index is 0.140. The molecule has 9 nitrogen and oxygen atoms in total. The van der Waals surface area contributed by atoms with E-state index in [2.05, 4.69) is 0 Å². The van der Waals surface area contributed by atoms with Crippen molar-refractivity contribution in [1.29, 1.82) is 0 Å². The summed E-state index contributed by atoms with van der Waals surface area (Å²) < 4.78 is 11.0. The normalized spacial score (nSPS) is 18.9. The summed E-state index contributed by atoms with van der Waals surface area (Å²) >= 11 is 0. The number of fused-ring (bicyclic) bond motifs is 1. The molecule has 0 radical (unpaired) electrons. The molecule has 0 N–H and O–H groups in total. The quantitative estimate of drug-likeness (QED) is 0.680. The molecular formula is C22H29N3O6. The molecule has 9 heteroatoms. The van der Waals surface area contributed by atoms with E-state index in [-0.39, 0.29) is 24.1 Å². The first-order chi connectivity index (χ1) is 14.5. The molecule has 31 heavy (non-hydrogen) atoms. The highest BCUT2D eigenvalue weighted by molar-refractivity contribution is 6.05. The molecule has 3 amide bonds. The molecule has 0 aromatic heterocycles. The summed E-state index contributed by atoms with van der Waals surface area (Å²) in [6.45, 7) is 9.75. The number of Topliss-reactive ketones (excluding diaryl/α,β-unsaturated/α-hetero) is 1. The van der Waals surface area contributed by atoms with E-state index < -0.39 is 17.8 Å². The third-order valence-electron chi connectivity index (χ3n) is 5.15. The molecule has 1 fully saturated rings. The fraction of sp³-hybridized carbons (Fsp3) is 0.545. The van der Waals surface area contributed by atoms with Gasteiger partial charge in [-0.25, -0.2) is 4.79 Å². The van der Waals surface area contributed by atoms with Crippen LogP contribution in [-0.2, 0) is 14.3 Å². The Kier molecular flexibility index (Phi) is 6.24. The van der Waals surface area contributed by atoms with Crippen LogP contribution in [0.1, 0.15) is 45.0 Å². The van der Waals surface area contributed by atoms with E-state index in [1.807, 2.05) is 0 Å². The zero-order valence-corrected chi connectivity index (χ0v) is 18.6. The van der Waals surface area contributed by atoms with Gasteiger partial charge in [0.25, 0.3) is 5.91 Å². The smallest absolute Gasteiger partial charge is 0.410 e. The fourth-order valence-electron chi connectivity index (χ4n) is 3.49. The van der Waals surface area contributed by atoms with Crippen LogP contribution in [0.3, 0.4) is 0 Å². The van der Waals surface area contributed by atoms with Gasteiger partial charge in [-0.2, -0.15) is 0 Å². The van der Waals surface area contributed by atoms with Crippen molar-refractivity contribution in [2.24, 2.45) is 0 Å². The van der Waals surface area contributed by atoms with Gasteiger partial charge in [0.1, 0.15) is 17.9 Å². The lowest BCUT2D eigenvalue weighted by atomic mass is 10.1. The van der Waals surface area contributed by atoms with Crippen molar-refractivity contribution in [3.63, 3.8) is 0 Å². The third kappa shape index (κ3) is 5.15. The molecular weight excluding hydrogens is 402 g/mol. The number of ether oxygens (including phenoxy) is 2. The van der Waals surface area contributed by atoms with Gasteiger partial charge in [-0.1, -0.05) is 0 Å². The van der Waals surface area contributed by atoms with Gasteiger partial charge >= 0.3 is 6.09 Å². The Labute approximate surface area is 181 Å². The van der Waals surface area contributed by atoms with Crippen molar-refractivity contribution < 1.29 is 28.7 Å². The first-order valence-electron chi connectivity index (χ1n) is 10.3. The Morgan fingerprint density at radius 3 is 2.29 bits per heavy atom. The minimum atomic E-state index is -0.729. The van der Waals surface area contributed by atoms with Crippen LogP contribution in [0, 0.1) is 0 Å². The van der Waals surface area contributed by atoms with Gasteiger partial charge in [0, 0.05) is 31.7 Å². The van der Waals surface area contributed by atoms with Crippen LogP contribution in [-0.4, -0.2) is 77.9 Å². The number of hydrogen-bond donors (Lipinski definition) is 0. The van der Waals surface area contributed by atoms with Crippen LogP contribution in [0.25, 0.3) is 0 Å². The monoisotopic (exact) mass is 431 g/mol. The fourth-order valence-corrected chi connectivity index (χ4v) is 3.49. The number of benzene rings is 1. The highest BCUT2D eigenvalue weighted by Gasteiger charge is 2.35. The van der Waals surface area contributed by atoms with Crippen molar-refractivity contribution in [2.45, 2.75) is 46.3 Å². The molecule has 168 valence electrons. The van der Waals surface area contributed by atoms with E-state index in [0.717, 1.165) is 0 Å². The number of carbonyl (C=O) groups is 4. The predicted molar refractivity (Wildman–Crippen MR) is 113 cm³/mol. The zero-order valence-electron chi connectivity index (χ0n) is 18.6. The average Bonchev–Trinajstić information content (AvgIpc) is 2.69. The lowest BCUT2D eigenvalue weighted by Gasteiger charge is -2.37. The van der Waals surface area contributed by atoms with Crippen LogP contribution < -0.4 is 9.64 Å². The van der Waals surface area contributed by atoms with Crippen molar-refractivity contribution in [2.75, 3.05) is 37.6 Å². The molecule has 2 aliphatic rings. The maximum absolute atomic E-state index is 12.9. The third-order valence-corrected chi connectivity index (χ3v) is 5.15. The maximum atomic E-state index is 12.9. The second-order valence-corrected chi connectivity index (χ2v) is 8.77. The molecule has 0 bridgehead atoms. The van der Waals surface area contributed by atoms with Crippen LogP contribution in [0.4, 0.5) is 10.5 Å². The Hall–Kier alpha value is -3.10. The largest absolute Gasteiger partial charge is 0.479 e. The lowest BCUT2D eigenvalue weighted by Crippen LogP contribution is -2.55. The van der Waals surface area contributed by atoms with Gasteiger partial charge < -0.3 is 19.3 Å². The molecule has 3 rings (SSSR count). The van der Waals surface area contributed by atoms with Crippen LogP contribution in [0.5, 0.6) is 5.75 Å². The predicted octanol–water partition coefficient (Wildman–Crippen LogP) is 2.08.